The van der Waals surface area contributed by atoms with E-state index in [9.17, 15) is 4.79 Å². The van der Waals surface area contributed by atoms with Crippen molar-refractivity contribution in [2.75, 3.05) is 13.2 Å². The Labute approximate surface area is 90.2 Å². The van der Waals surface area contributed by atoms with Gasteiger partial charge in [0.1, 0.15) is 0 Å². The van der Waals surface area contributed by atoms with Crippen molar-refractivity contribution in [2.45, 2.75) is 39.1 Å². The lowest BCUT2D eigenvalue weighted by molar-refractivity contribution is -0.262. The molecule has 0 spiro atoms. The van der Waals surface area contributed by atoms with Crippen LogP contribution in [0.4, 0.5) is 0 Å². The maximum atomic E-state index is 11.1. The fraction of sp³-hybridized carbons (Fsp3) is 0.727. The van der Waals surface area contributed by atoms with Crippen molar-refractivity contribution < 1.29 is 19.0 Å². The van der Waals surface area contributed by atoms with Gasteiger partial charge in [0.05, 0.1) is 19.3 Å². The third-order valence-corrected chi connectivity index (χ3v) is 2.02. The molecule has 0 unspecified atom stereocenters. The Morgan fingerprint density at radius 3 is 2.93 bits per heavy atom. The van der Waals surface area contributed by atoms with Crippen molar-refractivity contribution in [3.63, 3.8) is 0 Å². The van der Waals surface area contributed by atoms with Crippen LogP contribution in [0, 0.1) is 0 Å². The van der Waals surface area contributed by atoms with Gasteiger partial charge in [0.25, 0.3) is 0 Å². The Bertz CT molecular complexity index is 245. The number of hydrogen-bond acceptors (Lipinski definition) is 4. The summed E-state index contributed by atoms with van der Waals surface area (Å²) < 4.78 is 15.7. The van der Waals surface area contributed by atoms with E-state index in [2.05, 4.69) is 0 Å². The average Bonchev–Trinajstić information content (AvgIpc) is 2.14. The van der Waals surface area contributed by atoms with Gasteiger partial charge in [-0.25, -0.2) is 4.79 Å². The summed E-state index contributed by atoms with van der Waals surface area (Å²) in [6.07, 6.45) is 3.83. The molecule has 4 nitrogen and oxygen atoms in total. The van der Waals surface area contributed by atoms with Crippen LogP contribution in [0.1, 0.15) is 27.2 Å². The highest BCUT2D eigenvalue weighted by atomic mass is 16.7. The molecule has 1 fully saturated rings. The van der Waals surface area contributed by atoms with Gasteiger partial charge >= 0.3 is 5.97 Å². The van der Waals surface area contributed by atoms with Gasteiger partial charge in [0, 0.05) is 12.5 Å². The van der Waals surface area contributed by atoms with Crippen LogP contribution in [-0.4, -0.2) is 31.1 Å². The number of carbonyl (C=O) groups is 1. The van der Waals surface area contributed by atoms with Gasteiger partial charge in [-0.15, -0.1) is 0 Å². The third kappa shape index (κ3) is 4.44. The molecule has 0 radical (unpaired) electrons. The summed E-state index contributed by atoms with van der Waals surface area (Å²) in [5.41, 5.74) is 0. The quantitative estimate of drug-likeness (QED) is 0.529. The first kappa shape index (κ1) is 12.2. The maximum absolute atomic E-state index is 11.1. The molecule has 15 heavy (non-hydrogen) atoms. The first-order chi connectivity index (χ1) is 7.03. The Kier molecular flexibility index (Phi) is 4.29. The van der Waals surface area contributed by atoms with Crippen LogP contribution in [-0.2, 0) is 19.0 Å². The summed E-state index contributed by atoms with van der Waals surface area (Å²) >= 11 is 0. The molecular formula is C11H18O4. The van der Waals surface area contributed by atoms with E-state index in [0.29, 0.717) is 13.2 Å². The van der Waals surface area contributed by atoms with E-state index in [1.165, 1.54) is 6.08 Å². The van der Waals surface area contributed by atoms with E-state index in [-0.39, 0.29) is 12.1 Å². The SMILES string of the molecule is CCOC(=O)C=C[C@@H]1CCOC(C)(C)O1. The largest absolute Gasteiger partial charge is 0.463 e. The summed E-state index contributed by atoms with van der Waals surface area (Å²) in [7, 11) is 0. The molecule has 1 saturated heterocycles. The predicted molar refractivity (Wildman–Crippen MR) is 55.3 cm³/mol. The van der Waals surface area contributed by atoms with E-state index in [1.54, 1.807) is 13.0 Å². The fourth-order valence-electron chi connectivity index (χ4n) is 1.39. The van der Waals surface area contributed by atoms with Crippen LogP contribution in [0.3, 0.4) is 0 Å². The molecule has 0 amide bonds. The molecule has 0 aromatic carbocycles. The number of esters is 1. The van der Waals surface area contributed by atoms with Crippen LogP contribution in [0.15, 0.2) is 12.2 Å². The smallest absolute Gasteiger partial charge is 0.330 e. The van der Waals surface area contributed by atoms with Crippen LogP contribution in [0.25, 0.3) is 0 Å². The normalized spacial score (nSPS) is 25.4. The van der Waals surface area contributed by atoms with Crippen LogP contribution in [0.5, 0.6) is 0 Å². The van der Waals surface area contributed by atoms with Crippen molar-refractivity contribution in [3.8, 4) is 0 Å². The molecule has 0 aliphatic carbocycles. The minimum absolute atomic E-state index is 0.0712. The van der Waals surface area contributed by atoms with Gasteiger partial charge in [-0.3, -0.25) is 0 Å². The molecule has 86 valence electrons. The molecule has 4 heteroatoms. The lowest BCUT2D eigenvalue weighted by Gasteiger charge is -2.34. The van der Waals surface area contributed by atoms with Crippen LogP contribution in [0.2, 0.25) is 0 Å². The predicted octanol–water partition coefficient (Wildman–Crippen LogP) is 1.65. The molecule has 0 saturated carbocycles. The monoisotopic (exact) mass is 214 g/mol. The first-order valence-corrected chi connectivity index (χ1v) is 5.20. The maximum Gasteiger partial charge on any atom is 0.330 e. The third-order valence-electron chi connectivity index (χ3n) is 2.02. The number of carbonyl (C=O) groups excluding carboxylic acids is 1. The molecule has 1 aliphatic heterocycles. The van der Waals surface area contributed by atoms with Crippen molar-refractivity contribution >= 4 is 5.97 Å². The van der Waals surface area contributed by atoms with E-state index in [0.717, 1.165) is 6.42 Å². The molecule has 1 heterocycles. The second-order valence-electron chi connectivity index (χ2n) is 3.80. The molecule has 1 aliphatic rings. The van der Waals surface area contributed by atoms with E-state index >= 15 is 0 Å². The minimum Gasteiger partial charge on any atom is -0.463 e. The molecule has 0 aromatic rings. The van der Waals surface area contributed by atoms with Gasteiger partial charge in [-0.05, 0) is 26.8 Å². The molecule has 0 bridgehead atoms. The summed E-state index contributed by atoms with van der Waals surface area (Å²) in [4.78, 5) is 11.1. The van der Waals surface area contributed by atoms with E-state index in [4.69, 9.17) is 14.2 Å². The number of rotatable bonds is 3. The second-order valence-corrected chi connectivity index (χ2v) is 3.80. The van der Waals surface area contributed by atoms with Gasteiger partial charge in [0.15, 0.2) is 5.79 Å². The van der Waals surface area contributed by atoms with Crippen LogP contribution < -0.4 is 0 Å². The van der Waals surface area contributed by atoms with Gasteiger partial charge in [-0.2, -0.15) is 0 Å². The highest BCUT2D eigenvalue weighted by molar-refractivity contribution is 5.81. The Morgan fingerprint density at radius 2 is 2.33 bits per heavy atom. The van der Waals surface area contributed by atoms with Crippen LogP contribution >= 0.6 is 0 Å². The Balaban J connectivity index is 2.41. The highest BCUT2D eigenvalue weighted by Crippen LogP contribution is 2.22. The van der Waals surface area contributed by atoms with Crippen molar-refractivity contribution in [1.29, 1.82) is 0 Å². The van der Waals surface area contributed by atoms with Gasteiger partial charge < -0.3 is 14.2 Å². The molecule has 1 atom stereocenters. The number of ether oxygens (including phenoxy) is 3. The average molecular weight is 214 g/mol. The molecule has 1 rings (SSSR count). The zero-order valence-electron chi connectivity index (χ0n) is 9.49. The van der Waals surface area contributed by atoms with Gasteiger partial charge in [0.2, 0.25) is 0 Å². The second kappa shape index (κ2) is 5.28. The summed E-state index contributed by atoms with van der Waals surface area (Å²) in [6, 6.07) is 0. The minimum atomic E-state index is -0.568. The Morgan fingerprint density at radius 1 is 1.60 bits per heavy atom. The van der Waals surface area contributed by atoms with E-state index < -0.39 is 5.79 Å². The molecular weight excluding hydrogens is 196 g/mol. The zero-order chi connectivity index (χ0) is 11.3. The standard InChI is InChI=1S/C11H18O4/c1-4-13-10(12)6-5-9-7-8-14-11(2,3)15-9/h5-6,9H,4,7-8H2,1-3H3/t9-/m1/s1. The lowest BCUT2D eigenvalue weighted by Crippen LogP contribution is -2.38. The summed E-state index contributed by atoms with van der Waals surface area (Å²) in [6.45, 7) is 6.53. The fourth-order valence-corrected chi connectivity index (χ4v) is 1.39. The molecule has 0 aromatic heterocycles. The van der Waals surface area contributed by atoms with Crippen molar-refractivity contribution in [3.05, 3.63) is 12.2 Å². The highest BCUT2D eigenvalue weighted by Gasteiger charge is 2.27. The zero-order valence-corrected chi connectivity index (χ0v) is 9.49. The number of hydrogen-bond donors (Lipinski definition) is 0. The van der Waals surface area contributed by atoms with E-state index in [1.807, 2.05) is 13.8 Å². The lowest BCUT2D eigenvalue weighted by atomic mass is 10.2. The van der Waals surface area contributed by atoms with Gasteiger partial charge in [-0.1, -0.05) is 0 Å². The molecule has 0 N–H and O–H groups in total. The van der Waals surface area contributed by atoms with Crippen molar-refractivity contribution in [1.82, 2.24) is 0 Å². The summed E-state index contributed by atoms with van der Waals surface area (Å²) in [5.74, 6) is -0.896. The van der Waals surface area contributed by atoms with Crippen molar-refractivity contribution in [2.24, 2.45) is 0 Å². The Hall–Kier alpha value is -0.870. The first-order valence-electron chi connectivity index (χ1n) is 5.20. The summed E-state index contributed by atoms with van der Waals surface area (Å²) in [5, 5.41) is 0. The topological polar surface area (TPSA) is 44.8 Å².